The maximum atomic E-state index is 10.2. The summed E-state index contributed by atoms with van der Waals surface area (Å²) in [4.78, 5) is 0. The lowest BCUT2D eigenvalue weighted by Gasteiger charge is -2.27. The summed E-state index contributed by atoms with van der Waals surface area (Å²) in [5, 5.41) is 10.2. The van der Waals surface area contributed by atoms with Gasteiger partial charge in [0.1, 0.15) is 0 Å². The topological polar surface area (TPSA) is 20.2 Å². The highest BCUT2D eigenvalue weighted by Crippen LogP contribution is 2.60. The summed E-state index contributed by atoms with van der Waals surface area (Å²) in [6.45, 7) is 4.44. The second-order valence-electron chi connectivity index (χ2n) is 5.83. The Hall–Kier alpha value is -0.300. The lowest BCUT2D eigenvalue weighted by atomic mass is 9.83. The van der Waals surface area contributed by atoms with Gasteiger partial charge in [0, 0.05) is 0 Å². The first-order valence-electron chi connectivity index (χ1n) is 5.46. The van der Waals surface area contributed by atoms with E-state index < -0.39 is 0 Å². The van der Waals surface area contributed by atoms with E-state index in [1.807, 2.05) is 0 Å². The third-order valence-electron chi connectivity index (χ3n) is 4.62. The van der Waals surface area contributed by atoms with E-state index in [1.54, 1.807) is 0 Å². The Morgan fingerprint density at radius 1 is 1.23 bits per heavy atom. The Balaban J connectivity index is 1.96. The van der Waals surface area contributed by atoms with Gasteiger partial charge in [-0.15, -0.1) is 0 Å². The number of fused-ring (bicyclic) bond motifs is 5. The average molecular weight is 178 g/mol. The Morgan fingerprint density at radius 2 is 1.92 bits per heavy atom. The summed E-state index contributed by atoms with van der Waals surface area (Å²) in [7, 11) is 0. The number of rotatable bonds is 0. The zero-order valence-electron chi connectivity index (χ0n) is 8.40. The Bertz CT molecular complexity index is 266. The fraction of sp³-hybridized carbons (Fsp3) is 0.833. The van der Waals surface area contributed by atoms with Crippen LogP contribution in [0.2, 0.25) is 0 Å². The highest BCUT2D eigenvalue weighted by Gasteiger charge is 2.57. The lowest BCUT2D eigenvalue weighted by Crippen LogP contribution is -2.30. The van der Waals surface area contributed by atoms with Crippen LogP contribution in [-0.2, 0) is 0 Å². The summed E-state index contributed by atoms with van der Waals surface area (Å²) in [6, 6.07) is 0. The van der Waals surface area contributed by atoms with Gasteiger partial charge < -0.3 is 5.11 Å². The third-order valence-corrected chi connectivity index (χ3v) is 4.62. The maximum absolute atomic E-state index is 10.2. The van der Waals surface area contributed by atoms with Gasteiger partial charge in [-0.05, 0) is 41.9 Å². The summed E-state index contributed by atoms with van der Waals surface area (Å²) >= 11 is 0. The molecule has 0 aliphatic heterocycles. The molecule has 0 radical (unpaired) electrons. The van der Waals surface area contributed by atoms with Crippen LogP contribution in [0.25, 0.3) is 0 Å². The van der Waals surface area contributed by atoms with Crippen LogP contribution >= 0.6 is 0 Å². The van der Waals surface area contributed by atoms with Gasteiger partial charge in [-0.25, -0.2) is 0 Å². The second kappa shape index (κ2) is 2.20. The average Bonchev–Trinajstić information content (AvgIpc) is 2.65. The molecule has 0 aromatic rings. The van der Waals surface area contributed by atoms with Crippen molar-refractivity contribution in [2.24, 2.45) is 29.1 Å². The molecule has 1 heteroatoms. The fourth-order valence-corrected chi connectivity index (χ4v) is 3.97. The van der Waals surface area contributed by atoms with E-state index in [-0.39, 0.29) is 11.5 Å². The molecule has 0 aromatic carbocycles. The second-order valence-corrected chi connectivity index (χ2v) is 5.83. The smallest absolute Gasteiger partial charge is 0.0627 e. The molecule has 0 heterocycles. The van der Waals surface area contributed by atoms with Crippen LogP contribution in [0.15, 0.2) is 12.2 Å². The molecule has 0 unspecified atom stereocenters. The monoisotopic (exact) mass is 178 g/mol. The molecule has 3 aliphatic rings. The summed E-state index contributed by atoms with van der Waals surface area (Å²) in [5.41, 5.74) is 0.165. The van der Waals surface area contributed by atoms with Crippen molar-refractivity contribution in [1.82, 2.24) is 0 Å². The van der Waals surface area contributed by atoms with Gasteiger partial charge in [0.2, 0.25) is 0 Å². The van der Waals surface area contributed by atoms with E-state index in [0.29, 0.717) is 11.8 Å². The van der Waals surface area contributed by atoms with Gasteiger partial charge in [0.25, 0.3) is 0 Å². The molecule has 3 rings (SSSR count). The lowest BCUT2D eigenvalue weighted by molar-refractivity contribution is 0.0345. The van der Waals surface area contributed by atoms with E-state index >= 15 is 0 Å². The predicted molar refractivity (Wildman–Crippen MR) is 52.1 cm³/mol. The molecule has 2 fully saturated rings. The molecular weight excluding hydrogens is 160 g/mol. The van der Waals surface area contributed by atoms with Crippen molar-refractivity contribution in [1.29, 1.82) is 0 Å². The quantitative estimate of drug-likeness (QED) is 0.564. The molecule has 5 atom stereocenters. The maximum Gasteiger partial charge on any atom is 0.0627 e. The molecule has 3 aliphatic carbocycles. The van der Waals surface area contributed by atoms with E-state index in [9.17, 15) is 5.11 Å². The molecule has 2 saturated carbocycles. The molecule has 0 amide bonds. The van der Waals surface area contributed by atoms with Crippen molar-refractivity contribution in [3.05, 3.63) is 12.2 Å². The molecule has 2 bridgehead atoms. The standard InChI is InChI=1S/C12H18O/c1-12(2)6-9-7-3-4-8(5-7)10(9)11(12)13/h3-4,7-11,13H,5-6H2,1-2H3/t7-,8+,9+,10-,11+/m1/s1. The Labute approximate surface area is 79.8 Å². The highest BCUT2D eigenvalue weighted by atomic mass is 16.3. The van der Waals surface area contributed by atoms with Crippen LogP contribution in [0.4, 0.5) is 0 Å². The van der Waals surface area contributed by atoms with E-state index in [2.05, 4.69) is 26.0 Å². The number of hydrogen-bond donors (Lipinski definition) is 1. The fourth-order valence-electron chi connectivity index (χ4n) is 3.97. The molecule has 0 spiro atoms. The molecule has 1 nitrogen and oxygen atoms in total. The van der Waals surface area contributed by atoms with E-state index in [0.717, 1.165) is 11.8 Å². The van der Waals surface area contributed by atoms with E-state index in [4.69, 9.17) is 0 Å². The summed E-state index contributed by atoms with van der Waals surface area (Å²) in [6.07, 6.45) is 7.22. The first-order chi connectivity index (χ1) is 6.09. The highest BCUT2D eigenvalue weighted by molar-refractivity contribution is 5.19. The van der Waals surface area contributed by atoms with Gasteiger partial charge in [-0.3, -0.25) is 0 Å². The zero-order chi connectivity index (χ0) is 9.22. The minimum atomic E-state index is -0.0579. The SMILES string of the molecule is CC1(C)C[C@@H]2[C@@H]([C@H]3C=C[C@@H]2C3)[C@@H]1O. The molecule has 0 aromatic heterocycles. The van der Waals surface area contributed by atoms with Crippen molar-refractivity contribution < 1.29 is 5.11 Å². The van der Waals surface area contributed by atoms with Crippen molar-refractivity contribution in [2.45, 2.75) is 32.8 Å². The predicted octanol–water partition coefficient (Wildman–Crippen LogP) is 2.22. The van der Waals surface area contributed by atoms with Crippen molar-refractivity contribution in [3.63, 3.8) is 0 Å². The number of aliphatic hydroxyl groups excluding tert-OH is 1. The number of hydrogen-bond acceptors (Lipinski definition) is 1. The van der Waals surface area contributed by atoms with Crippen LogP contribution in [-0.4, -0.2) is 11.2 Å². The van der Waals surface area contributed by atoms with Gasteiger partial charge in [0.15, 0.2) is 0 Å². The first kappa shape index (κ1) is 8.05. The summed E-state index contributed by atoms with van der Waals surface area (Å²) < 4.78 is 0. The van der Waals surface area contributed by atoms with E-state index in [1.165, 1.54) is 12.8 Å². The van der Waals surface area contributed by atoms with Crippen molar-refractivity contribution in [3.8, 4) is 0 Å². The number of aliphatic hydroxyl groups is 1. The summed E-state index contributed by atoms with van der Waals surface area (Å²) in [5.74, 6) is 2.88. The van der Waals surface area contributed by atoms with Crippen LogP contribution in [0.1, 0.15) is 26.7 Å². The Kier molecular flexibility index (Phi) is 1.36. The molecular formula is C12H18O. The van der Waals surface area contributed by atoms with Gasteiger partial charge in [-0.1, -0.05) is 26.0 Å². The largest absolute Gasteiger partial charge is 0.392 e. The molecule has 72 valence electrons. The molecule has 0 saturated heterocycles. The number of allylic oxidation sites excluding steroid dienone is 2. The van der Waals surface area contributed by atoms with Gasteiger partial charge >= 0.3 is 0 Å². The minimum Gasteiger partial charge on any atom is -0.392 e. The van der Waals surface area contributed by atoms with Gasteiger partial charge in [-0.2, -0.15) is 0 Å². The molecule has 1 N–H and O–H groups in total. The van der Waals surface area contributed by atoms with Crippen molar-refractivity contribution >= 4 is 0 Å². The van der Waals surface area contributed by atoms with Crippen LogP contribution in [0.5, 0.6) is 0 Å². The van der Waals surface area contributed by atoms with Crippen LogP contribution in [0, 0.1) is 29.1 Å². The zero-order valence-corrected chi connectivity index (χ0v) is 8.40. The van der Waals surface area contributed by atoms with Crippen LogP contribution < -0.4 is 0 Å². The van der Waals surface area contributed by atoms with Crippen LogP contribution in [0.3, 0.4) is 0 Å². The van der Waals surface area contributed by atoms with Crippen molar-refractivity contribution in [2.75, 3.05) is 0 Å². The van der Waals surface area contributed by atoms with Gasteiger partial charge in [0.05, 0.1) is 6.10 Å². The third kappa shape index (κ3) is 0.864. The Morgan fingerprint density at radius 3 is 2.62 bits per heavy atom. The normalized spacial score (nSPS) is 55.8. The minimum absolute atomic E-state index is 0.0579. The molecule has 13 heavy (non-hydrogen) atoms. The first-order valence-corrected chi connectivity index (χ1v) is 5.46.